The average Bonchev–Trinajstić information content (AvgIpc) is 2.34. The van der Waals surface area contributed by atoms with Crippen LogP contribution in [0.3, 0.4) is 0 Å². The summed E-state index contributed by atoms with van der Waals surface area (Å²) < 4.78 is 0. The van der Waals surface area contributed by atoms with Gasteiger partial charge in [0, 0.05) is 10.7 Å². The first-order chi connectivity index (χ1) is 8.56. The summed E-state index contributed by atoms with van der Waals surface area (Å²) >= 11 is 5.88. The Morgan fingerprint density at radius 1 is 1.33 bits per heavy atom. The summed E-state index contributed by atoms with van der Waals surface area (Å²) in [4.78, 5) is 15.9. The molecule has 0 aliphatic heterocycles. The van der Waals surface area contributed by atoms with Crippen molar-refractivity contribution in [1.82, 2.24) is 4.98 Å². The zero-order chi connectivity index (χ0) is 13.1. The number of hydrogen-bond donors (Lipinski definition) is 2. The molecule has 0 saturated carbocycles. The number of nitrogens with two attached hydrogens (primary N) is 1. The zero-order valence-corrected chi connectivity index (χ0v) is 10.5. The van der Waals surface area contributed by atoms with Gasteiger partial charge in [-0.1, -0.05) is 17.7 Å². The molecule has 18 heavy (non-hydrogen) atoms. The van der Waals surface area contributed by atoms with Gasteiger partial charge in [0.05, 0.1) is 11.9 Å². The predicted molar refractivity (Wildman–Crippen MR) is 72.8 cm³/mol. The minimum absolute atomic E-state index is 0.291. The van der Waals surface area contributed by atoms with E-state index in [-0.39, 0.29) is 5.91 Å². The highest BCUT2D eigenvalue weighted by Crippen LogP contribution is 2.20. The number of carbonyl (C=O) groups excluding carboxylic acids is 1. The first-order valence-electron chi connectivity index (χ1n) is 5.35. The number of nitrogens with zero attached hydrogens (tertiary/aromatic N) is 1. The van der Waals surface area contributed by atoms with Crippen molar-refractivity contribution in [2.24, 2.45) is 0 Å². The summed E-state index contributed by atoms with van der Waals surface area (Å²) in [5.41, 5.74) is 7.95. The van der Waals surface area contributed by atoms with Crippen LogP contribution in [0.25, 0.3) is 0 Å². The molecule has 4 nitrogen and oxygen atoms in total. The van der Waals surface area contributed by atoms with E-state index >= 15 is 0 Å². The number of rotatable bonds is 2. The second-order valence-electron chi connectivity index (χ2n) is 3.89. The first-order valence-corrected chi connectivity index (χ1v) is 5.73. The third-order valence-corrected chi connectivity index (χ3v) is 2.70. The van der Waals surface area contributed by atoms with E-state index in [0.717, 1.165) is 5.56 Å². The molecule has 2 aromatic rings. The highest BCUT2D eigenvalue weighted by molar-refractivity contribution is 6.31. The van der Waals surface area contributed by atoms with Gasteiger partial charge in [0.1, 0.15) is 5.69 Å². The van der Waals surface area contributed by atoms with Gasteiger partial charge in [0.2, 0.25) is 0 Å². The van der Waals surface area contributed by atoms with Gasteiger partial charge in [-0.05, 0) is 36.8 Å². The molecular formula is C13H12ClN3O. The van der Waals surface area contributed by atoms with Crippen LogP contribution in [0.15, 0.2) is 36.5 Å². The van der Waals surface area contributed by atoms with Crippen LogP contribution < -0.4 is 11.1 Å². The average molecular weight is 262 g/mol. The number of aromatic nitrogens is 1. The van der Waals surface area contributed by atoms with Gasteiger partial charge in [0.15, 0.2) is 0 Å². The van der Waals surface area contributed by atoms with E-state index in [2.05, 4.69) is 10.3 Å². The van der Waals surface area contributed by atoms with Crippen LogP contribution in [0.1, 0.15) is 16.1 Å². The standard InChI is InChI=1S/C13H12ClN3O/c1-8-2-3-9(14)6-12(8)17-13(18)11-5-4-10(15)7-16-11/h2-7H,15H2,1H3,(H,17,18). The third kappa shape index (κ3) is 2.78. The van der Waals surface area contributed by atoms with E-state index in [0.29, 0.717) is 22.1 Å². The molecule has 3 N–H and O–H groups in total. The maximum atomic E-state index is 11.9. The highest BCUT2D eigenvalue weighted by atomic mass is 35.5. The van der Waals surface area contributed by atoms with Crippen LogP contribution in [-0.4, -0.2) is 10.9 Å². The maximum Gasteiger partial charge on any atom is 0.274 e. The minimum Gasteiger partial charge on any atom is -0.397 e. The minimum atomic E-state index is -0.291. The smallest absolute Gasteiger partial charge is 0.274 e. The van der Waals surface area contributed by atoms with Crippen LogP contribution in [-0.2, 0) is 0 Å². The molecule has 0 bridgehead atoms. The number of halogens is 1. The lowest BCUT2D eigenvalue weighted by atomic mass is 10.2. The number of amides is 1. The normalized spacial score (nSPS) is 10.1. The van der Waals surface area contributed by atoms with Crippen LogP contribution in [0.4, 0.5) is 11.4 Å². The molecule has 1 aromatic heterocycles. The van der Waals surface area contributed by atoms with Crippen LogP contribution in [0.2, 0.25) is 5.02 Å². The lowest BCUT2D eigenvalue weighted by Crippen LogP contribution is -2.14. The fraction of sp³-hybridized carbons (Fsp3) is 0.0769. The van der Waals surface area contributed by atoms with Crippen molar-refractivity contribution >= 4 is 28.9 Å². The van der Waals surface area contributed by atoms with Crippen molar-refractivity contribution in [3.63, 3.8) is 0 Å². The highest BCUT2D eigenvalue weighted by Gasteiger charge is 2.09. The van der Waals surface area contributed by atoms with Crippen molar-refractivity contribution in [3.05, 3.63) is 52.8 Å². The monoisotopic (exact) mass is 261 g/mol. The Balaban J connectivity index is 2.21. The molecular weight excluding hydrogens is 250 g/mol. The number of anilines is 2. The predicted octanol–water partition coefficient (Wildman–Crippen LogP) is 2.88. The molecule has 1 amide bonds. The summed E-state index contributed by atoms with van der Waals surface area (Å²) in [7, 11) is 0. The fourth-order valence-electron chi connectivity index (χ4n) is 1.45. The van der Waals surface area contributed by atoms with E-state index in [1.54, 1.807) is 24.3 Å². The Bertz CT molecular complexity index is 581. The third-order valence-electron chi connectivity index (χ3n) is 2.47. The van der Waals surface area contributed by atoms with E-state index in [9.17, 15) is 4.79 Å². The molecule has 0 aliphatic carbocycles. The first kappa shape index (κ1) is 12.4. The largest absolute Gasteiger partial charge is 0.397 e. The topological polar surface area (TPSA) is 68.0 Å². The fourth-order valence-corrected chi connectivity index (χ4v) is 1.63. The number of nitrogen functional groups attached to an aromatic ring is 1. The van der Waals surface area contributed by atoms with Gasteiger partial charge in [0.25, 0.3) is 5.91 Å². The molecule has 2 rings (SSSR count). The Hall–Kier alpha value is -2.07. The summed E-state index contributed by atoms with van der Waals surface area (Å²) in [5, 5.41) is 3.33. The van der Waals surface area contributed by atoms with E-state index in [4.69, 9.17) is 17.3 Å². The summed E-state index contributed by atoms with van der Waals surface area (Å²) in [5.74, 6) is -0.291. The lowest BCUT2D eigenvalue weighted by molar-refractivity contribution is 0.102. The number of aryl methyl sites for hydroxylation is 1. The molecule has 92 valence electrons. The van der Waals surface area contributed by atoms with Crippen molar-refractivity contribution < 1.29 is 4.79 Å². The summed E-state index contributed by atoms with van der Waals surface area (Å²) in [6.07, 6.45) is 1.44. The van der Waals surface area contributed by atoms with E-state index < -0.39 is 0 Å². The molecule has 1 aromatic carbocycles. The number of pyridine rings is 1. The Labute approximate surface area is 110 Å². The van der Waals surface area contributed by atoms with Gasteiger partial charge in [-0.3, -0.25) is 4.79 Å². The maximum absolute atomic E-state index is 11.9. The molecule has 1 heterocycles. The van der Waals surface area contributed by atoms with Crippen molar-refractivity contribution in [1.29, 1.82) is 0 Å². The second kappa shape index (κ2) is 5.06. The van der Waals surface area contributed by atoms with Crippen molar-refractivity contribution in [3.8, 4) is 0 Å². The Kier molecular flexibility index (Phi) is 3.48. The SMILES string of the molecule is Cc1ccc(Cl)cc1NC(=O)c1ccc(N)cn1. The van der Waals surface area contributed by atoms with Crippen molar-refractivity contribution in [2.75, 3.05) is 11.1 Å². The Morgan fingerprint density at radius 2 is 2.11 bits per heavy atom. The summed E-state index contributed by atoms with van der Waals surface area (Å²) in [6.45, 7) is 1.89. The Morgan fingerprint density at radius 3 is 2.78 bits per heavy atom. The molecule has 0 fully saturated rings. The van der Waals surface area contributed by atoms with E-state index in [1.165, 1.54) is 6.20 Å². The second-order valence-corrected chi connectivity index (χ2v) is 4.33. The van der Waals surface area contributed by atoms with Gasteiger partial charge < -0.3 is 11.1 Å². The van der Waals surface area contributed by atoms with Crippen LogP contribution in [0, 0.1) is 6.92 Å². The van der Waals surface area contributed by atoms with Gasteiger partial charge in [-0.2, -0.15) is 0 Å². The van der Waals surface area contributed by atoms with Crippen molar-refractivity contribution in [2.45, 2.75) is 6.92 Å². The van der Waals surface area contributed by atoms with Gasteiger partial charge in [-0.15, -0.1) is 0 Å². The molecule has 0 radical (unpaired) electrons. The molecule has 0 spiro atoms. The number of carbonyl (C=O) groups is 1. The molecule has 0 saturated heterocycles. The lowest BCUT2D eigenvalue weighted by Gasteiger charge is -2.08. The number of nitrogens with one attached hydrogen (secondary N) is 1. The molecule has 5 heteroatoms. The molecule has 0 unspecified atom stereocenters. The number of hydrogen-bond acceptors (Lipinski definition) is 3. The molecule has 0 atom stereocenters. The number of benzene rings is 1. The van der Waals surface area contributed by atoms with Gasteiger partial charge >= 0.3 is 0 Å². The van der Waals surface area contributed by atoms with Gasteiger partial charge in [-0.25, -0.2) is 4.98 Å². The quantitative estimate of drug-likeness (QED) is 0.873. The zero-order valence-electron chi connectivity index (χ0n) is 9.77. The summed E-state index contributed by atoms with van der Waals surface area (Å²) in [6, 6.07) is 8.52. The van der Waals surface area contributed by atoms with Crippen LogP contribution in [0.5, 0.6) is 0 Å². The van der Waals surface area contributed by atoms with Crippen LogP contribution >= 0.6 is 11.6 Å². The molecule has 0 aliphatic rings. The van der Waals surface area contributed by atoms with E-state index in [1.807, 2.05) is 13.0 Å².